The Bertz CT molecular complexity index is 1590. The summed E-state index contributed by atoms with van der Waals surface area (Å²) in [7, 11) is 3.51. The van der Waals surface area contributed by atoms with Crippen molar-refractivity contribution in [2.24, 2.45) is 0 Å². The third kappa shape index (κ3) is 6.73. The number of ether oxygens (including phenoxy) is 1. The molecule has 228 valence electrons. The highest BCUT2D eigenvalue weighted by Gasteiger charge is 2.33. The molecule has 11 heteroatoms. The van der Waals surface area contributed by atoms with Crippen LogP contribution in [0.5, 0.6) is 5.75 Å². The van der Waals surface area contributed by atoms with Crippen molar-refractivity contribution in [1.29, 1.82) is 0 Å². The van der Waals surface area contributed by atoms with Crippen molar-refractivity contribution < 1.29 is 9.53 Å². The number of amides is 1. The van der Waals surface area contributed by atoms with Gasteiger partial charge in [0.1, 0.15) is 5.75 Å². The number of carbonyl (C=O) groups excluding carboxylic acids is 1. The summed E-state index contributed by atoms with van der Waals surface area (Å²) >= 11 is 1.79. The van der Waals surface area contributed by atoms with Gasteiger partial charge in [-0.25, -0.2) is 0 Å². The Morgan fingerprint density at radius 3 is 2.51 bits per heavy atom. The Morgan fingerprint density at radius 2 is 1.81 bits per heavy atom. The number of carbonyl (C=O) groups is 1. The van der Waals surface area contributed by atoms with Crippen LogP contribution in [0.4, 0.5) is 23.3 Å². The van der Waals surface area contributed by atoms with Crippen LogP contribution in [-0.4, -0.2) is 68.4 Å². The number of fused-ring (bicyclic) bond motifs is 1. The molecule has 2 aromatic heterocycles. The van der Waals surface area contributed by atoms with E-state index in [1.165, 1.54) is 5.56 Å². The van der Waals surface area contributed by atoms with Crippen LogP contribution in [0, 0.1) is 6.92 Å². The molecule has 4 aromatic rings. The number of hydrogen-bond donors (Lipinski definition) is 3. The van der Waals surface area contributed by atoms with Crippen molar-refractivity contribution in [3.8, 4) is 5.75 Å². The molecule has 0 atom stereocenters. The largest absolute Gasteiger partial charge is 0.495 e. The number of hydrogen-bond acceptors (Lipinski definition) is 9. The maximum absolute atomic E-state index is 12.9. The van der Waals surface area contributed by atoms with Gasteiger partial charge in [-0.1, -0.05) is 26.0 Å². The highest BCUT2D eigenvalue weighted by molar-refractivity contribution is 8.00. The van der Waals surface area contributed by atoms with Gasteiger partial charge in [0.05, 0.1) is 30.2 Å². The minimum Gasteiger partial charge on any atom is -0.495 e. The van der Waals surface area contributed by atoms with Gasteiger partial charge in [-0.05, 0) is 82.0 Å². The van der Waals surface area contributed by atoms with Crippen molar-refractivity contribution >= 4 is 46.6 Å². The molecular formula is C32H42N8O2S. The van der Waals surface area contributed by atoms with E-state index in [0.717, 1.165) is 53.5 Å². The molecule has 10 nitrogen and oxygen atoms in total. The predicted molar refractivity (Wildman–Crippen MR) is 174 cm³/mol. The van der Waals surface area contributed by atoms with Crippen molar-refractivity contribution in [3.63, 3.8) is 0 Å². The van der Waals surface area contributed by atoms with Crippen LogP contribution >= 0.6 is 11.8 Å². The standard InChI is InChI=1S/C32H42N8O2S/c1-20(2)43-27-11-9-8-10-24(27)36-31-38-30(37-28-12-15-34-40(28)31)35-25-18-21(3)23(19-26(25)42-7)22-13-16-39(17-14-22)29(41)32(4,5)33-6/h8-12,15,18-20,22,33H,13-14,16-17H2,1-7H3,(H2,35,36,37,38). The Morgan fingerprint density at radius 1 is 1.07 bits per heavy atom. The van der Waals surface area contributed by atoms with Crippen molar-refractivity contribution in [3.05, 3.63) is 59.8 Å². The fraction of sp³-hybridized carbons (Fsp3) is 0.438. The maximum Gasteiger partial charge on any atom is 0.242 e. The number of likely N-dealkylation sites (N-methyl/N-ethyl adjacent to an activating group) is 1. The first-order valence-corrected chi connectivity index (χ1v) is 15.7. The zero-order chi connectivity index (χ0) is 30.7. The van der Waals surface area contributed by atoms with Gasteiger partial charge < -0.3 is 25.6 Å². The minimum absolute atomic E-state index is 0.147. The number of anilines is 4. The average molecular weight is 603 g/mol. The third-order valence-electron chi connectivity index (χ3n) is 7.97. The summed E-state index contributed by atoms with van der Waals surface area (Å²) in [4.78, 5) is 25.6. The van der Waals surface area contributed by atoms with Gasteiger partial charge in [0.15, 0.2) is 5.65 Å². The lowest BCUT2D eigenvalue weighted by Gasteiger charge is -2.37. The van der Waals surface area contributed by atoms with Crippen LogP contribution in [0.2, 0.25) is 0 Å². The Labute approximate surface area is 258 Å². The molecule has 1 amide bonds. The molecule has 1 fully saturated rings. The van der Waals surface area contributed by atoms with Crippen molar-refractivity contribution in [2.75, 3.05) is 37.9 Å². The molecule has 5 rings (SSSR count). The molecule has 3 N–H and O–H groups in total. The van der Waals surface area contributed by atoms with E-state index in [1.807, 2.05) is 50.1 Å². The summed E-state index contributed by atoms with van der Waals surface area (Å²) in [5.41, 5.74) is 4.26. The molecule has 0 aliphatic carbocycles. The lowest BCUT2D eigenvalue weighted by Crippen LogP contribution is -2.54. The number of rotatable bonds is 10. The average Bonchev–Trinajstić information content (AvgIpc) is 3.47. The topological polar surface area (TPSA) is 109 Å². The van der Waals surface area contributed by atoms with Crippen molar-refractivity contribution in [1.82, 2.24) is 29.8 Å². The summed E-state index contributed by atoms with van der Waals surface area (Å²) in [5, 5.41) is 14.9. The summed E-state index contributed by atoms with van der Waals surface area (Å²) in [6, 6.07) is 14.3. The fourth-order valence-corrected chi connectivity index (χ4v) is 6.35. The summed E-state index contributed by atoms with van der Waals surface area (Å²) < 4.78 is 7.54. The number of aromatic nitrogens is 4. The maximum atomic E-state index is 12.9. The molecule has 43 heavy (non-hydrogen) atoms. The summed E-state index contributed by atoms with van der Waals surface area (Å²) in [5.74, 6) is 2.22. The number of para-hydroxylation sites is 1. The highest BCUT2D eigenvalue weighted by Crippen LogP contribution is 2.38. The number of methoxy groups -OCH3 is 1. The van der Waals surface area contributed by atoms with Crippen LogP contribution in [0.1, 0.15) is 57.6 Å². The number of nitrogens with zero attached hydrogens (tertiary/aromatic N) is 5. The number of aryl methyl sites for hydroxylation is 1. The van der Waals surface area contributed by atoms with Gasteiger partial charge in [0.2, 0.25) is 17.8 Å². The monoisotopic (exact) mass is 602 g/mol. The SMILES string of the molecule is CNC(C)(C)C(=O)N1CCC(c2cc(OC)c(Nc3nc(Nc4ccccc4SC(C)C)n4nccc4n3)cc2C)CC1. The fourth-order valence-electron chi connectivity index (χ4n) is 5.44. The second-order valence-electron chi connectivity index (χ2n) is 11.7. The molecule has 0 radical (unpaired) electrons. The van der Waals surface area contributed by atoms with E-state index in [2.05, 4.69) is 60.0 Å². The molecule has 0 spiro atoms. The zero-order valence-electron chi connectivity index (χ0n) is 26.1. The first-order valence-electron chi connectivity index (χ1n) is 14.8. The zero-order valence-corrected chi connectivity index (χ0v) is 26.9. The van der Waals surface area contributed by atoms with Gasteiger partial charge in [-0.15, -0.1) is 11.8 Å². The van der Waals surface area contributed by atoms with Crippen LogP contribution in [-0.2, 0) is 4.79 Å². The molecule has 2 aromatic carbocycles. The molecule has 0 bridgehead atoms. The summed E-state index contributed by atoms with van der Waals surface area (Å²) in [6.07, 6.45) is 3.54. The molecule has 0 saturated carbocycles. The molecular weight excluding hydrogens is 560 g/mol. The smallest absolute Gasteiger partial charge is 0.242 e. The van der Waals surface area contributed by atoms with E-state index in [4.69, 9.17) is 14.7 Å². The molecule has 1 aliphatic rings. The molecule has 1 aliphatic heterocycles. The highest BCUT2D eigenvalue weighted by atomic mass is 32.2. The van der Waals surface area contributed by atoms with Gasteiger partial charge in [0, 0.05) is 29.3 Å². The van der Waals surface area contributed by atoms with Crippen LogP contribution in [0.3, 0.4) is 0 Å². The van der Waals surface area contributed by atoms with E-state index >= 15 is 0 Å². The van der Waals surface area contributed by atoms with E-state index in [0.29, 0.717) is 28.7 Å². The van der Waals surface area contributed by atoms with E-state index in [9.17, 15) is 4.79 Å². The second kappa shape index (κ2) is 12.8. The van der Waals surface area contributed by atoms with E-state index in [-0.39, 0.29) is 5.91 Å². The lowest BCUT2D eigenvalue weighted by atomic mass is 9.86. The first kappa shape index (κ1) is 30.6. The third-order valence-corrected chi connectivity index (χ3v) is 9.05. The van der Waals surface area contributed by atoms with Gasteiger partial charge in [-0.2, -0.15) is 19.6 Å². The molecule has 3 heterocycles. The number of likely N-dealkylation sites (tertiary alicyclic amines) is 1. The number of nitrogens with one attached hydrogen (secondary N) is 3. The number of benzene rings is 2. The molecule has 1 saturated heterocycles. The Balaban J connectivity index is 1.38. The second-order valence-corrected chi connectivity index (χ2v) is 13.4. The van der Waals surface area contributed by atoms with Crippen molar-refractivity contribution in [2.45, 2.75) is 69.1 Å². The normalized spacial score (nSPS) is 14.4. The Kier molecular flexibility index (Phi) is 9.12. The number of piperidine rings is 1. The van der Waals surface area contributed by atoms with Gasteiger partial charge in [-0.3, -0.25) is 4.79 Å². The molecule has 0 unspecified atom stereocenters. The number of thioether (sulfide) groups is 1. The Hall–Kier alpha value is -3.83. The van der Waals surface area contributed by atoms with Crippen LogP contribution in [0.25, 0.3) is 5.65 Å². The minimum atomic E-state index is -0.562. The van der Waals surface area contributed by atoms with Crippen LogP contribution in [0.15, 0.2) is 53.6 Å². The quantitative estimate of drug-likeness (QED) is 0.185. The summed E-state index contributed by atoms with van der Waals surface area (Å²) in [6.45, 7) is 11.8. The lowest BCUT2D eigenvalue weighted by molar-refractivity contribution is -0.138. The van der Waals surface area contributed by atoms with E-state index in [1.54, 1.807) is 29.6 Å². The van der Waals surface area contributed by atoms with Gasteiger partial charge >= 0.3 is 0 Å². The predicted octanol–water partition coefficient (Wildman–Crippen LogP) is 6.13. The van der Waals surface area contributed by atoms with Gasteiger partial charge in [0.25, 0.3) is 0 Å². The first-order chi connectivity index (χ1) is 20.6. The van der Waals surface area contributed by atoms with E-state index < -0.39 is 5.54 Å². The van der Waals surface area contributed by atoms with Crippen LogP contribution < -0.4 is 20.7 Å².